The van der Waals surface area contributed by atoms with E-state index in [0.29, 0.717) is 19.6 Å². The highest BCUT2D eigenvalue weighted by atomic mass is 16.7. The number of carbonyl (C=O) groups excluding carboxylic acids is 1. The van der Waals surface area contributed by atoms with Crippen molar-refractivity contribution in [3.8, 4) is 17.2 Å². The summed E-state index contributed by atoms with van der Waals surface area (Å²) in [6, 6.07) is 12.0. The number of carbonyl (C=O) groups is 1. The minimum absolute atomic E-state index is 0.00996. The summed E-state index contributed by atoms with van der Waals surface area (Å²) >= 11 is 0. The Balaban J connectivity index is 1.26. The predicted octanol–water partition coefficient (Wildman–Crippen LogP) is 2.37. The van der Waals surface area contributed by atoms with Gasteiger partial charge >= 0.3 is 0 Å². The molecule has 6 nitrogen and oxygen atoms in total. The first kappa shape index (κ1) is 17.4. The highest BCUT2D eigenvalue weighted by Gasteiger charge is 2.43. The first-order valence-corrected chi connectivity index (χ1v) is 9.79. The molecule has 2 aromatic carbocycles. The van der Waals surface area contributed by atoms with Crippen LogP contribution in [0.1, 0.15) is 29.5 Å². The highest BCUT2D eigenvalue weighted by molar-refractivity contribution is 5.79. The molecule has 0 atom stereocenters. The standard InChI is InChI=1S/C22H24N2O4/c23-12-16-2-3-18-17(9-16)22(13-26-18)5-7-24(8-6-22)21(25)11-15-1-4-19-20(10-15)28-14-27-19/h1-4,9-10H,5-8,11-14,23H2. The summed E-state index contributed by atoms with van der Waals surface area (Å²) in [5, 5.41) is 0. The average molecular weight is 380 g/mol. The third-order valence-corrected chi connectivity index (χ3v) is 6.22. The Hall–Kier alpha value is -2.73. The largest absolute Gasteiger partial charge is 0.492 e. The summed E-state index contributed by atoms with van der Waals surface area (Å²) in [6.45, 7) is 2.97. The molecule has 1 amide bonds. The summed E-state index contributed by atoms with van der Waals surface area (Å²) in [4.78, 5) is 14.8. The molecule has 28 heavy (non-hydrogen) atoms. The van der Waals surface area contributed by atoms with Gasteiger partial charge in [0.15, 0.2) is 11.5 Å². The van der Waals surface area contributed by atoms with Crippen molar-refractivity contribution < 1.29 is 19.0 Å². The normalized spacial score (nSPS) is 18.8. The lowest BCUT2D eigenvalue weighted by Crippen LogP contribution is -2.46. The Kier molecular flexibility index (Phi) is 4.16. The number of fused-ring (bicyclic) bond motifs is 3. The van der Waals surface area contributed by atoms with Crippen molar-refractivity contribution in [3.63, 3.8) is 0 Å². The zero-order valence-electron chi connectivity index (χ0n) is 15.8. The molecule has 0 unspecified atom stereocenters. The fourth-order valence-electron chi connectivity index (χ4n) is 4.47. The predicted molar refractivity (Wildman–Crippen MR) is 104 cm³/mol. The van der Waals surface area contributed by atoms with Gasteiger partial charge in [-0.1, -0.05) is 18.2 Å². The number of hydrogen-bond donors (Lipinski definition) is 1. The average Bonchev–Trinajstić information content (AvgIpc) is 3.33. The number of rotatable bonds is 3. The van der Waals surface area contributed by atoms with E-state index in [1.54, 1.807) is 0 Å². The van der Waals surface area contributed by atoms with Crippen molar-refractivity contribution in [1.29, 1.82) is 0 Å². The van der Waals surface area contributed by atoms with Crippen LogP contribution in [-0.4, -0.2) is 37.3 Å². The van der Waals surface area contributed by atoms with Crippen molar-refractivity contribution in [3.05, 3.63) is 53.1 Å². The number of ether oxygens (including phenoxy) is 3. The highest BCUT2D eigenvalue weighted by Crippen LogP contribution is 2.46. The van der Waals surface area contributed by atoms with Gasteiger partial charge in [-0.25, -0.2) is 0 Å². The van der Waals surface area contributed by atoms with Crippen LogP contribution in [0.15, 0.2) is 36.4 Å². The van der Waals surface area contributed by atoms with Crippen LogP contribution in [-0.2, 0) is 23.2 Å². The number of piperidine rings is 1. The van der Waals surface area contributed by atoms with E-state index in [1.807, 2.05) is 35.2 Å². The molecule has 5 rings (SSSR count). The van der Waals surface area contributed by atoms with E-state index in [9.17, 15) is 4.79 Å². The molecule has 1 spiro atoms. The van der Waals surface area contributed by atoms with E-state index < -0.39 is 0 Å². The van der Waals surface area contributed by atoms with E-state index in [1.165, 1.54) is 5.56 Å². The van der Waals surface area contributed by atoms with Gasteiger partial charge < -0.3 is 24.8 Å². The van der Waals surface area contributed by atoms with Crippen LogP contribution >= 0.6 is 0 Å². The Bertz CT molecular complexity index is 919. The lowest BCUT2D eigenvalue weighted by molar-refractivity contribution is -0.132. The second-order valence-electron chi connectivity index (χ2n) is 7.85. The molecular formula is C22H24N2O4. The first-order chi connectivity index (χ1) is 13.7. The number of amides is 1. The number of nitrogens with zero attached hydrogens (tertiary/aromatic N) is 1. The van der Waals surface area contributed by atoms with Crippen molar-refractivity contribution in [2.45, 2.75) is 31.2 Å². The molecule has 1 fully saturated rings. The fraction of sp³-hybridized carbons (Fsp3) is 0.409. The van der Waals surface area contributed by atoms with Gasteiger partial charge in [0.1, 0.15) is 5.75 Å². The molecule has 0 bridgehead atoms. The Morgan fingerprint density at radius 3 is 2.54 bits per heavy atom. The molecule has 3 heterocycles. The quantitative estimate of drug-likeness (QED) is 0.885. The van der Waals surface area contributed by atoms with Gasteiger partial charge in [-0.3, -0.25) is 4.79 Å². The summed E-state index contributed by atoms with van der Waals surface area (Å²) in [5.74, 6) is 2.59. The summed E-state index contributed by atoms with van der Waals surface area (Å²) in [5.41, 5.74) is 9.18. The van der Waals surface area contributed by atoms with E-state index in [-0.39, 0.29) is 18.1 Å². The zero-order valence-corrected chi connectivity index (χ0v) is 15.8. The van der Waals surface area contributed by atoms with Crippen LogP contribution in [0.25, 0.3) is 0 Å². The maximum absolute atomic E-state index is 12.8. The molecule has 3 aliphatic heterocycles. The third kappa shape index (κ3) is 2.88. The Morgan fingerprint density at radius 1 is 0.964 bits per heavy atom. The monoisotopic (exact) mass is 380 g/mol. The van der Waals surface area contributed by atoms with Crippen LogP contribution in [0.5, 0.6) is 17.2 Å². The van der Waals surface area contributed by atoms with Crippen LogP contribution in [0.3, 0.4) is 0 Å². The van der Waals surface area contributed by atoms with Crippen LogP contribution < -0.4 is 19.9 Å². The lowest BCUT2D eigenvalue weighted by atomic mass is 9.74. The van der Waals surface area contributed by atoms with Gasteiger partial charge in [-0.05, 0) is 42.2 Å². The van der Waals surface area contributed by atoms with Gasteiger partial charge in [-0.15, -0.1) is 0 Å². The SMILES string of the molecule is NCc1ccc2c(c1)C1(CCN(C(=O)Cc3ccc4c(c3)OCO4)CC1)CO2. The number of nitrogens with two attached hydrogens (primary N) is 1. The van der Waals surface area contributed by atoms with E-state index in [2.05, 4.69) is 6.07 Å². The molecule has 2 aromatic rings. The van der Waals surface area contributed by atoms with Crippen molar-refractivity contribution >= 4 is 5.91 Å². The molecule has 0 saturated carbocycles. The van der Waals surface area contributed by atoms with Gasteiger partial charge in [0.2, 0.25) is 12.7 Å². The number of benzene rings is 2. The van der Waals surface area contributed by atoms with Crippen LogP contribution in [0, 0.1) is 0 Å². The molecule has 1 saturated heterocycles. The molecule has 0 radical (unpaired) electrons. The van der Waals surface area contributed by atoms with Crippen molar-refractivity contribution in [1.82, 2.24) is 4.90 Å². The van der Waals surface area contributed by atoms with Gasteiger partial charge in [0.05, 0.1) is 13.0 Å². The number of likely N-dealkylation sites (tertiary alicyclic amines) is 1. The lowest BCUT2D eigenvalue weighted by Gasteiger charge is -2.38. The molecule has 0 aromatic heterocycles. The summed E-state index contributed by atoms with van der Waals surface area (Å²) in [7, 11) is 0. The zero-order chi connectivity index (χ0) is 19.1. The molecule has 3 aliphatic rings. The van der Waals surface area contributed by atoms with Crippen LogP contribution in [0.4, 0.5) is 0 Å². The van der Waals surface area contributed by atoms with Gasteiger partial charge in [0.25, 0.3) is 0 Å². The van der Waals surface area contributed by atoms with Crippen molar-refractivity contribution in [2.24, 2.45) is 5.73 Å². The second kappa shape index (κ2) is 6.71. The summed E-state index contributed by atoms with van der Waals surface area (Å²) < 4.78 is 16.7. The minimum atomic E-state index is 0.00996. The number of hydrogen-bond acceptors (Lipinski definition) is 5. The van der Waals surface area contributed by atoms with Crippen LogP contribution in [0.2, 0.25) is 0 Å². The maximum Gasteiger partial charge on any atom is 0.231 e. The Labute approximate surface area is 164 Å². The fourth-order valence-corrected chi connectivity index (χ4v) is 4.47. The molecule has 6 heteroatoms. The first-order valence-electron chi connectivity index (χ1n) is 9.79. The molecule has 2 N–H and O–H groups in total. The minimum Gasteiger partial charge on any atom is -0.492 e. The summed E-state index contributed by atoms with van der Waals surface area (Å²) in [6.07, 6.45) is 2.22. The van der Waals surface area contributed by atoms with E-state index in [4.69, 9.17) is 19.9 Å². The molecule has 0 aliphatic carbocycles. The second-order valence-corrected chi connectivity index (χ2v) is 7.85. The topological polar surface area (TPSA) is 74.0 Å². The molecular weight excluding hydrogens is 356 g/mol. The van der Waals surface area contributed by atoms with E-state index in [0.717, 1.165) is 54.3 Å². The Morgan fingerprint density at radius 2 is 1.71 bits per heavy atom. The van der Waals surface area contributed by atoms with E-state index >= 15 is 0 Å². The third-order valence-electron chi connectivity index (χ3n) is 6.22. The smallest absolute Gasteiger partial charge is 0.231 e. The van der Waals surface area contributed by atoms with Gasteiger partial charge in [0, 0.05) is 30.6 Å². The molecule has 146 valence electrons. The maximum atomic E-state index is 12.8. The van der Waals surface area contributed by atoms with Crippen molar-refractivity contribution in [2.75, 3.05) is 26.5 Å². The van der Waals surface area contributed by atoms with Gasteiger partial charge in [-0.2, -0.15) is 0 Å².